The number of nitrogens with one attached hydrogen (secondary N) is 1. The van der Waals surface area contributed by atoms with Crippen molar-refractivity contribution in [2.24, 2.45) is 0 Å². The molecule has 0 fully saturated rings. The van der Waals surface area contributed by atoms with Crippen LogP contribution >= 0.6 is 23.2 Å². The molecule has 1 unspecified atom stereocenters. The van der Waals surface area contributed by atoms with Gasteiger partial charge in [-0.2, -0.15) is 0 Å². The van der Waals surface area contributed by atoms with Gasteiger partial charge in [0.15, 0.2) is 6.61 Å². The van der Waals surface area contributed by atoms with Crippen molar-refractivity contribution in [2.75, 3.05) is 13.7 Å². The number of carbonyl (C=O) groups excluding carboxylic acids is 2. The summed E-state index contributed by atoms with van der Waals surface area (Å²) < 4.78 is 5.75. The summed E-state index contributed by atoms with van der Waals surface area (Å²) in [4.78, 5) is 27.8. The van der Waals surface area contributed by atoms with Crippen LogP contribution in [0.1, 0.15) is 16.7 Å². The van der Waals surface area contributed by atoms with E-state index in [1.165, 1.54) is 4.90 Å². The number of hydrogen-bond donors (Lipinski definition) is 1. The van der Waals surface area contributed by atoms with E-state index in [9.17, 15) is 9.59 Å². The molecule has 0 heterocycles. The third-order valence-corrected chi connectivity index (χ3v) is 5.97. The highest BCUT2D eigenvalue weighted by molar-refractivity contribution is 6.36. The first-order chi connectivity index (χ1) is 15.9. The number of nitrogens with zero attached hydrogens (tertiary/aromatic N) is 1. The Morgan fingerprint density at radius 2 is 1.64 bits per heavy atom. The summed E-state index contributed by atoms with van der Waals surface area (Å²) in [6.07, 6.45) is 0.332. The lowest BCUT2D eigenvalue weighted by Gasteiger charge is -2.31. The number of likely N-dealkylation sites (N-methyl/N-ethyl adjacent to an activating group) is 1. The van der Waals surface area contributed by atoms with Gasteiger partial charge in [0.2, 0.25) is 5.91 Å². The Balaban J connectivity index is 1.92. The number of benzene rings is 3. The Labute approximate surface area is 204 Å². The van der Waals surface area contributed by atoms with Crippen molar-refractivity contribution in [3.8, 4) is 5.75 Å². The Morgan fingerprint density at radius 3 is 2.27 bits per heavy atom. The molecule has 0 aliphatic carbocycles. The van der Waals surface area contributed by atoms with Crippen LogP contribution in [-0.2, 0) is 22.6 Å². The second kappa shape index (κ2) is 11.7. The number of rotatable bonds is 9. The molecule has 3 aromatic carbocycles. The molecule has 1 N–H and O–H groups in total. The third kappa shape index (κ3) is 6.73. The van der Waals surface area contributed by atoms with E-state index >= 15 is 0 Å². The van der Waals surface area contributed by atoms with E-state index in [2.05, 4.69) is 5.32 Å². The van der Waals surface area contributed by atoms with Crippen molar-refractivity contribution in [3.63, 3.8) is 0 Å². The molecule has 33 heavy (non-hydrogen) atoms. The molecule has 0 saturated heterocycles. The summed E-state index contributed by atoms with van der Waals surface area (Å²) in [6, 6.07) is 21.4. The van der Waals surface area contributed by atoms with E-state index in [0.717, 1.165) is 11.1 Å². The molecule has 3 aromatic rings. The molecule has 2 amide bonds. The average Bonchev–Trinajstić information content (AvgIpc) is 2.81. The number of ether oxygens (including phenoxy) is 1. The lowest BCUT2D eigenvalue weighted by molar-refractivity contribution is -0.142. The van der Waals surface area contributed by atoms with Gasteiger partial charge in [0.05, 0.1) is 0 Å². The molecule has 0 radical (unpaired) electrons. The monoisotopic (exact) mass is 484 g/mol. The van der Waals surface area contributed by atoms with E-state index in [0.29, 0.717) is 27.8 Å². The fraction of sp³-hybridized carbons (Fsp3) is 0.231. The van der Waals surface area contributed by atoms with Gasteiger partial charge in [-0.1, -0.05) is 71.7 Å². The summed E-state index contributed by atoms with van der Waals surface area (Å²) in [6.45, 7) is 1.79. The Bertz CT molecular complexity index is 1090. The number of amides is 2. The number of hydrogen-bond acceptors (Lipinski definition) is 3. The minimum Gasteiger partial charge on any atom is -0.484 e. The highest BCUT2D eigenvalue weighted by Crippen LogP contribution is 2.27. The van der Waals surface area contributed by atoms with Crippen LogP contribution in [-0.4, -0.2) is 36.4 Å². The number of aryl methyl sites for hydroxylation is 1. The maximum absolute atomic E-state index is 13.4. The van der Waals surface area contributed by atoms with Crippen LogP contribution in [0.4, 0.5) is 0 Å². The lowest BCUT2D eigenvalue weighted by Crippen LogP contribution is -2.51. The van der Waals surface area contributed by atoms with Crippen molar-refractivity contribution in [1.29, 1.82) is 0 Å². The number of carbonyl (C=O) groups is 2. The predicted molar refractivity (Wildman–Crippen MR) is 132 cm³/mol. The van der Waals surface area contributed by atoms with Crippen molar-refractivity contribution in [1.82, 2.24) is 10.2 Å². The SMILES string of the molecule is CNC(=O)C(Cc1ccccc1)N(Cc1c(Cl)cccc1Cl)C(=O)COc1cccc(C)c1. The summed E-state index contributed by atoms with van der Waals surface area (Å²) >= 11 is 12.8. The molecule has 0 spiro atoms. The fourth-order valence-corrected chi connectivity index (χ4v) is 4.02. The zero-order valence-electron chi connectivity index (χ0n) is 18.6. The molecule has 0 aliphatic rings. The highest BCUT2D eigenvalue weighted by atomic mass is 35.5. The minimum absolute atomic E-state index is 0.0689. The molecule has 3 rings (SSSR count). The van der Waals surface area contributed by atoms with E-state index in [4.69, 9.17) is 27.9 Å². The zero-order valence-corrected chi connectivity index (χ0v) is 20.1. The van der Waals surface area contributed by atoms with Gasteiger partial charge < -0.3 is 15.0 Å². The molecule has 172 valence electrons. The van der Waals surface area contributed by atoms with Crippen LogP contribution < -0.4 is 10.1 Å². The first-order valence-corrected chi connectivity index (χ1v) is 11.3. The van der Waals surface area contributed by atoms with Crippen LogP contribution in [0, 0.1) is 6.92 Å². The zero-order chi connectivity index (χ0) is 23.8. The average molecular weight is 485 g/mol. The standard InChI is InChI=1S/C26H26Cl2N2O3/c1-18-8-6-11-20(14-18)33-17-25(31)30(16-21-22(27)12-7-13-23(21)28)24(26(32)29-2)15-19-9-4-3-5-10-19/h3-14,24H,15-17H2,1-2H3,(H,29,32). The highest BCUT2D eigenvalue weighted by Gasteiger charge is 2.31. The second-order valence-corrected chi connectivity index (χ2v) is 8.46. The van der Waals surface area contributed by atoms with E-state index < -0.39 is 6.04 Å². The molecule has 7 heteroatoms. The van der Waals surface area contributed by atoms with Gasteiger partial charge in [0.25, 0.3) is 5.91 Å². The van der Waals surface area contributed by atoms with Crippen molar-refractivity contribution < 1.29 is 14.3 Å². The summed E-state index contributed by atoms with van der Waals surface area (Å²) in [7, 11) is 1.55. The minimum atomic E-state index is -0.779. The Kier molecular flexibility index (Phi) is 8.75. The first kappa shape index (κ1) is 24.6. The van der Waals surface area contributed by atoms with Gasteiger partial charge in [-0.05, 0) is 42.3 Å². The first-order valence-electron chi connectivity index (χ1n) is 10.6. The normalized spacial score (nSPS) is 11.5. The predicted octanol–water partition coefficient (Wildman–Crippen LogP) is 5.07. The Hall–Kier alpha value is -3.02. The fourth-order valence-electron chi connectivity index (χ4n) is 3.51. The van der Waals surface area contributed by atoms with Gasteiger partial charge in [-0.25, -0.2) is 0 Å². The number of halogens is 2. The van der Waals surface area contributed by atoms with E-state index in [1.54, 1.807) is 31.3 Å². The summed E-state index contributed by atoms with van der Waals surface area (Å²) in [5.74, 6) is -0.0541. The van der Waals surface area contributed by atoms with Crippen LogP contribution in [0.25, 0.3) is 0 Å². The molecular formula is C26H26Cl2N2O3. The molecular weight excluding hydrogens is 459 g/mol. The summed E-state index contributed by atoms with van der Waals surface area (Å²) in [5, 5.41) is 3.53. The maximum Gasteiger partial charge on any atom is 0.261 e. The van der Waals surface area contributed by atoms with Gasteiger partial charge in [-0.15, -0.1) is 0 Å². The van der Waals surface area contributed by atoms with Gasteiger partial charge in [-0.3, -0.25) is 9.59 Å². The molecule has 0 aromatic heterocycles. The Morgan fingerprint density at radius 1 is 0.970 bits per heavy atom. The smallest absolute Gasteiger partial charge is 0.261 e. The topological polar surface area (TPSA) is 58.6 Å². The third-order valence-electron chi connectivity index (χ3n) is 5.26. The lowest BCUT2D eigenvalue weighted by atomic mass is 10.0. The molecule has 1 atom stereocenters. The quantitative estimate of drug-likeness (QED) is 0.461. The maximum atomic E-state index is 13.4. The largest absolute Gasteiger partial charge is 0.484 e. The van der Waals surface area contributed by atoms with Crippen LogP contribution in [0.15, 0.2) is 72.8 Å². The van der Waals surface area contributed by atoms with Crippen molar-refractivity contribution in [3.05, 3.63) is 99.5 Å². The van der Waals surface area contributed by atoms with Crippen LogP contribution in [0.2, 0.25) is 10.0 Å². The second-order valence-electron chi connectivity index (χ2n) is 7.65. The van der Waals surface area contributed by atoms with E-state index in [-0.39, 0.29) is 25.0 Å². The van der Waals surface area contributed by atoms with Crippen molar-refractivity contribution >= 4 is 35.0 Å². The molecule has 5 nitrogen and oxygen atoms in total. The summed E-state index contributed by atoms with van der Waals surface area (Å²) in [5.41, 5.74) is 2.52. The van der Waals surface area contributed by atoms with Crippen LogP contribution in [0.5, 0.6) is 5.75 Å². The van der Waals surface area contributed by atoms with Gasteiger partial charge >= 0.3 is 0 Å². The van der Waals surface area contributed by atoms with E-state index in [1.807, 2.05) is 55.5 Å². The van der Waals surface area contributed by atoms with Gasteiger partial charge in [0, 0.05) is 35.6 Å². The van der Waals surface area contributed by atoms with Crippen molar-refractivity contribution in [2.45, 2.75) is 25.9 Å². The van der Waals surface area contributed by atoms with Crippen LogP contribution in [0.3, 0.4) is 0 Å². The molecule has 0 bridgehead atoms. The molecule has 0 aliphatic heterocycles. The van der Waals surface area contributed by atoms with Gasteiger partial charge in [0.1, 0.15) is 11.8 Å². The molecule has 0 saturated carbocycles.